The first-order chi connectivity index (χ1) is 10.7. The van der Waals surface area contributed by atoms with Crippen LogP contribution in [0.5, 0.6) is 0 Å². The number of ketones is 2. The summed E-state index contributed by atoms with van der Waals surface area (Å²) in [5.41, 5.74) is 0.603. The topological polar surface area (TPSA) is 34.1 Å². The van der Waals surface area contributed by atoms with Crippen molar-refractivity contribution in [1.29, 1.82) is 0 Å². The molecule has 108 valence electrons. The van der Waals surface area contributed by atoms with Crippen LogP contribution in [-0.2, 0) is 9.59 Å². The van der Waals surface area contributed by atoms with Gasteiger partial charge in [-0.15, -0.1) is 0 Å². The summed E-state index contributed by atoms with van der Waals surface area (Å²) >= 11 is 0. The third kappa shape index (κ3) is 3.29. The van der Waals surface area contributed by atoms with Crippen LogP contribution in [0.4, 0.5) is 0 Å². The van der Waals surface area contributed by atoms with Crippen LogP contribution >= 0.6 is 7.92 Å². The molecule has 3 rings (SSSR count). The van der Waals surface area contributed by atoms with E-state index >= 15 is 0 Å². The zero-order valence-corrected chi connectivity index (χ0v) is 12.9. The number of carbonyl (C=O) groups is 2. The van der Waals surface area contributed by atoms with E-state index in [0.717, 1.165) is 0 Å². The van der Waals surface area contributed by atoms with Crippen LogP contribution in [0.2, 0.25) is 0 Å². The largest absolute Gasteiger partial charge is 0.290 e. The van der Waals surface area contributed by atoms with Gasteiger partial charge in [0.1, 0.15) is 0 Å². The lowest BCUT2D eigenvalue weighted by molar-refractivity contribution is -0.114. The van der Waals surface area contributed by atoms with E-state index in [1.807, 2.05) is 36.4 Å². The Morgan fingerprint density at radius 3 is 1.82 bits per heavy atom. The molecule has 22 heavy (non-hydrogen) atoms. The zero-order chi connectivity index (χ0) is 15.4. The maximum absolute atomic E-state index is 12.0. The van der Waals surface area contributed by atoms with Gasteiger partial charge in [0.05, 0.1) is 0 Å². The number of rotatable bonds is 4. The number of allylic oxidation sites excluding steroid dienone is 4. The quantitative estimate of drug-likeness (QED) is 0.643. The molecule has 0 radical (unpaired) electrons. The molecule has 3 heteroatoms. The number of carbonyl (C=O) groups excluding carboxylic acids is 2. The molecule has 0 atom stereocenters. The zero-order valence-electron chi connectivity index (χ0n) is 12.0. The molecule has 0 saturated carbocycles. The van der Waals surface area contributed by atoms with Crippen molar-refractivity contribution in [1.82, 2.24) is 0 Å². The molecule has 0 aliphatic heterocycles. The fraction of sp³-hybridized carbons (Fsp3) is 0.0526. The summed E-state index contributed by atoms with van der Waals surface area (Å²) in [5, 5.41) is 2.42. The molecule has 1 aliphatic rings. The highest BCUT2D eigenvalue weighted by Gasteiger charge is 2.20. The average Bonchev–Trinajstić information content (AvgIpc) is 2.57. The normalized spacial score (nSPS) is 14.3. The molecule has 0 bridgehead atoms. The van der Waals surface area contributed by atoms with Crippen LogP contribution < -0.4 is 10.6 Å². The van der Waals surface area contributed by atoms with Gasteiger partial charge in [-0.1, -0.05) is 60.7 Å². The van der Waals surface area contributed by atoms with Crippen molar-refractivity contribution in [3.63, 3.8) is 0 Å². The van der Waals surface area contributed by atoms with E-state index in [1.54, 1.807) is 0 Å². The Bertz CT molecular complexity index is 706. The van der Waals surface area contributed by atoms with Crippen molar-refractivity contribution in [3.05, 3.63) is 84.5 Å². The lowest BCUT2D eigenvalue weighted by atomic mass is 10.1. The van der Waals surface area contributed by atoms with Crippen LogP contribution in [-0.4, -0.2) is 17.7 Å². The van der Waals surface area contributed by atoms with Gasteiger partial charge < -0.3 is 0 Å². The summed E-state index contributed by atoms with van der Waals surface area (Å²) in [5.74, 6) is -0.162. The fourth-order valence-corrected chi connectivity index (χ4v) is 4.71. The minimum atomic E-state index is -0.695. The van der Waals surface area contributed by atoms with Crippen LogP contribution in [0.15, 0.2) is 84.5 Å². The van der Waals surface area contributed by atoms with Crippen molar-refractivity contribution in [3.8, 4) is 0 Å². The van der Waals surface area contributed by atoms with E-state index in [1.165, 1.54) is 28.8 Å². The van der Waals surface area contributed by atoms with Gasteiger partial charge in [0, 0.05) is 11.7 Å². The van der Waals surface area contributed by atoms with E-state index in [4.69, 9.17) is 0 Å². The van der Waals surface area contributed by atoms with Gasteiger partial charge in [0.15, 0.2) is 11.6 Å². The van der Waals surface area contributed by atoms with Crippen molar-refractivity contribution in [2.75, 3.05) is 6.16 Å². The molecular weight excluding hydrogens is 291 g/mol. The molecular formula is C19H15O2P. The van der Waals surface area contributed by atoms with Gasteiger partial charge in [-0.05, 0) is 36.8 Å². The number of benzene rings is 2. The first-order valence-electron chi connectivity index (χ1n) is 7.08. The van der Waals surface area contributed by atoms with Crippen LogP contribution in [0, 0.1) is 0 Å². The van der Waals surface area contributed by atoms with Gasteiger partial charge >= 0.3 is 0 Å². The Balaban J connectivity index is 1.97. The van der Waals surface area contributed by atoms with Gasteiger partial charge in [0.25, 0.3) is 0 Å². The smallest absolute Gasteiger partial charge is 0.182 e. The highest BCUT2D eigenvalue weighted by atomic mass is 31.1. The Hall–Kier alpha value is -2.31. The molecule has 0 heterocycles. The summed E-state index contributed by atoms with van der Waals surface area (Å²) in [6.07, 6.45) is 4.78. The lowest BCUT2D eigenvalue weighted by Crippen LogP contribution is -2.18. The van der Waals surface area contributed by atoms with Crippen molar-refractivity contribution in [2.45, 2.75) is 0 Å². The van der Waals surface area contributed by atoms with E-state index in [2.05, 4.69) is 24.3 Å². The van der Waals surface area contributed by atoms with Gasteiger partial charge in [-0.25, -0.2) is 0 Å². The van der Waals surface area contributed by atoms with E-state index < -0.39 is 7.92 Å². The maximum Gasteiger partial charge on any atom is 0.182 e. The molecule has 0 spiro atoms. The molecule has 0 amide bonds. The molecule has 0 N–H and O–H groups in total. The van der Waals surface area contributed by atoms with Crippen molar-refractivity contribution in [2.24, 2.45) is 0 Å². The van der Waals surface area contributed by atoms with Gasteiger partial charge in [-0.2, -0.15) is 0 Å². The lowest BCUT2D eigenvalue weighted by Gasteiger charge is -2.20. The Kier molecular flexibility index (Phi) is 4.41. The van der Waals surface area contributed by atoms with E-state index in [-0.39, 0.29) is 11.6 Å². The van der Waals surface area contributed by atoms with Gasteiger partial charge in [-0.3, -0.25) is 9.59 Å². The molecule has 0 unspecified atom stereocenters. The molecule has 2 aromatic carbocycles. The highest BCUT2D eigenvalue weighted by Crippen LogP contribution is 2.36. The van der Waals surface area contributed by atoms with E-state index in [9.17, 15) is 9.59 Å². The predicted octanol–water partition coefficient (Wildman–Crippen LogP) is 2.75. The standard InChI is InChI=1S/C19H15O2P/c20-16-11-12-19(21)15(13-16)14-22(17-7-3-1-4-8-17)18-9-5-2-6-10-18/h1-13H,14H2. The number of hydrogen-bond acceptors (Lipinski definition) is 2. The fourth-order valence-electron chi connectivity index (χ4n) is 2.40. The third-order valence-electron chi connectivity index (χ3n) is 3.50. The highest BCUT2D eigenvalue weighted by molar-refractivity contribution is 7.73. The summed E-state index contributed by atoms with van der Waals surface area (Å²) in [4.78, 5) is 23.6. The number of hydrogen-bond donors (Lipinski definition) is 0. The minimum Gasteiger partial charge on any atom is -0.290 e. The molecule has 0 saturated heterocycles. The summed E-state index contributed by atoms with van der Waals surface area (Å²) < 4.78 is 0. The molecule has 0 aromatic heterocycles. The second-order valence-electron chi connectivity index (χ2n) is 5.03. The van der Waals surface area contributed by atoms with Crippen molar-refractivity contribution >= 4 is 30.1 Å². The van der Waals surface area contributed by atoms with E-state index in [0.29, 0.717) is 11.7 Å². The summed E-state index contributed by atoms with van der Waals surface area (Å²) in [7, 11) is -0.695. The first-order valence-corrected chi connectivity index (χ1v) is 8.61. The average molecular weight is 306 g/mol. The monoisotopic (exact) mass is 306 g/mol. The first kappa shape index (κ1) is 14.6. The minimum absolute atomic E-state index is 0.0565. The predicted molar refractivity (Wildman–Crippen MR) is 91.2 cm³/mol. The molecule has 1 aliphatic carbocycles. The molecule has 2 aromatic rings. The third-order valence-corrected chi connectivity index (χ3v) is 6.00. The van der Waals surface area contributed by atoms with Crippen LogP contribution in [0.3, 0.4) is 0 Å². The van der Waals surface area contributed by atoms with Crippen molar-refractivity contribution < 1.29 is 9.59 Å². The van der Waals surface area contributed by atoms with Gasteiger partial charge in [0.2, 0.25) is 0 Å². The summed E-state index contributed by atoms with van der Waals surface area (Å²) in [6.45, 7) is 0. The SMILES string of the molecule is O=C1C=CC(=O)C(CP(c2ccccc2)c2ccccc2)=C1. The van der Waals surface area contributed by atoms with Crippen LogP contribution in [0.25, 0.3) is 0 Å². The maximum atomic E-state index is 12.0. The molecule has 0 fully saturated rings. The Labute approximate surface area is 130 Å². The molecule has 2 nitrogen and oxygen atoms in total. The Morgan fingerprint density at radius 2 is 1.27 bits per heavy atom. The van der Waals surface area contributed by atoms with Crippen LogP contribution in [0.1, 0.15) is 0 Å². The second-order valence-corrected chi connectivity index (χ2v) is 7.23. The Morgan fingerprint density at radius 1 is 0.727 bits per heavy atom. The second kappa shape index (κ2) is 6.64. The summed E-state index contributed by atoms with van der Waals surface area (Å²) in [6, 6.07) is 20.4.